The number of carbonyl (C=O) groups excluding carboxylic acids is 2. The van der Waals surface area contributed by atoms with E-state index in [1.165, 1.54) is 29.2 Å². The van der Waals surface area contributed by atoms with Gasteiger partial charge in [0.1, 0.15) is 11.3 Å². The molecule has 2 amide bonds. The van der Waals surface area contributed by atoms with E-state index >= 15 is 0 Å². The fourth-order valence-electron chi connectivity index (χ4n) is 5.43. The van der Waals surface area contributed by atoms with E-state index in [0.29, 0.717) is 23.5 Å². The molecule has 4 unspecified atom stereocenters. The molecule has 4 atom stereocenters. The summed E-state index contributed by atoms with van der Waals surface area (Å²) < 4.78 is 5.65. The molecule has 0 aromatic heterocycles. The van der Waals surface area contributed by atoms with Gasteiger partial charge in [-0.25, -0.2) is 0 Å². The van der Waals surface area contributed by atoms with E-state index in [9.17, 15) is 29.6 Å². The van der Waals surface area contributed by atoms with Crippen LogP contribution in [0.3, 0.4) is 0 Å². The van der Waals surface area contributed by atoms with Crippen LogP contribution in [-0.2, 0) is 20.8 Å². The fourth-order valence-corrected chi connectivity index (χ4v) is 5.43. The van der Waals surface area contributed by atoms with Crippen LogP contribution >= 0.6 is 0 Å². The van der Waals surface area contributed by atoms with Gasteiger partial charge in [-0.05, 0) is 50.5 Å². The molecule has 2 heterocycles. The second-order valence-corrected chi connectivity index (χ2v) is 10.6. The number of imide groups is 1. The number of nitro benzene ring substituents is 1. The lowest BCUT2D eigenvalue weighted by molar-refractivity contribution is -0.384. The van der Waals surface area contributed by atoms with E-state index in [0.717, 1.165) is 6.42 Å². The Hall–Kier alpha value is -3.79. The number of non-ortho nitro benzene ring substituents is 1. The van der Waals surface area contributed by atoms with E-state index in [1.807, 2.05) is 6.92 Å². The van der Waals surface area contributed by atoms with Crippen LogP contribution in [-0.4, -0.2) is 50.4 Å². The van der Waals surface area contributed by atoms with Crippen LogP contribution in [0.15, 0.2) is 48.5 Å². The highest BCUT2D eigenvalue weighted by Crippen LogP contribution is 2.51. The molecule has 2 saturated heterocycles. The Balaban J connectivity index is 1.79. The Morgan fingerprint density at radius 3 is 2.24 bits per heavy atom. The summed E-state index contributed by atoms with van der Waals surface area (Å²) in [7, 11) is 0. The van der Waals surface area contributed by atoms with Crippen molar-refractivity contribution in [1.29, 1.82) is 0 Å². The van der Waals surface area contributed by atoms with E-state index < -0.39 is 51.7 Å². The van der Waals surface area contributed by atoms with Crippen LogP contribution in [0.4, 0.5) is 5.69 Å². The Bertz CT molecular complexity index is 1220. The van der Waals surface area contributed by atoms with Crippen LogP contribution in [0, 0.1) is 22.0 Å². The fraction of sp³-hybridized carbons (Fsp3) is 0.444. The molecule has 2 aliphatic heterocycles. The van der Waals surface area contributed by atoms with Gasteiger partial charge in [-0.1, -0.05) is 31.2 Å². The number of carboxylic acid groups (broad SMARTS) is 1. The lowest BCUT2D eigenvalue weighted by atomic mass is 9.76. The number of hydrogen-bond acceptors (Lipinski definition) is 7. The number of nitrogens with one attached hydrogen (secondary N) is 1. The van der Waals surface area contributed by atoms with Crippen molar-refractivity contribution in [2.24, 2.45) is 11.8 Å². The number of benzene rings is 2. The highest BCUT2D eigenvalue weighted by molar-refractivity contribution is 6.10. The zero-order valence-electron chi connectivity index (χ0n) is 21.3. The van der Waals surface area contributed by atoms with Crippen molar-refractivity contribution in [3.8, 4) is 5.75 Å². The Kier molecular flexibility index (Phi) is 6.81. The lowest BCUT2D eigenvalue weighted by Crippen LogP contribution is -2.58. The zero-order chi connectivity index (χ0) is 27.1. The van der Waals surface area contributed by atoms with Crippen LogP contribution in [0.2, 0.25) is 0 Å². The Morgan fingerprint density at radius 1 is 1.11 bits per heavy atom. The second kappa shape index (κ2) is 9.59. The number of hydrogen-bond donors (Lipinski definition) is 2. The molecule has 2 aromatic rings. The molecule has 0 aliphatic carbocycles. The lowest BCUT2D eigenvalue weighted by Gasteiger charge is -2.35. The SMILES string of the molecule is CCCOc1ccc(C2NC(Cc3ccc([N+](=O)[O-])cc3)(C(=O)O)C3C(=O)N(C(C)(C)C)C(=O)C23)cc1. The molecule has 0 spiro atoms. The van der Waals surface area contributed by atoms with Gasteiger partial charge >= 0.3 is 5.97 Å². The highest BCUT2D eigenvalue weighted by Gasteiger charge is 2.69. The molecule has 0 radical (unpaired) electrons. The molecule has 2 N–H and O–H groups in total. The van der Waals surface area contributed by atoms with Gasteiger partial charge < -0.3 is 9.84 Å². The molecule has 2 fully saturated rings. The van der Waals surface area contributed by atoms with Crippen molar-refractivity contribution < 1.29 is 29.2 Å². The first-order valence-electron chi connectivity index (χ1n) is 12.3. The van der Waals surface area contributed by atoms with Gasteiger partial charge in [0.05, 0.1) is 23.4 Å². The third-order valence-corrected chi connectivity index (χ3v) is 7.05. The monoisotopic (exact) mass is 509 g/mol. The normalized spacial score (nSPS) is 25.3. The van der Waals surface area contributed by atoms with Crippen LogP contribution in [0.25, 0.3) is 0 Å². The predicted octanol–water partition coefficient (Wildman–Crippen LogP) is 3.49. The number of ether oxygens (including phenoxy) is 1. The smallest absolute Gasteiger partial charge is 0.325 e. The maximum absolute atomic E-state index is 13.7. The predicted molar refractivity (Wildman–Crippen MR) is 134 cm³/mol. The molecule has 0 bridgehead atoms. The molecule has 2 aromatic carbocycles. The molecule has 10 nitrogen and oxygen atoms in total. The molecule has 2 aliphatic rings. The Morgan fingerprint density at radius 2 is 1.73 bits per heavy atom. The molecular formula is C27H31N3O7. The van der Waals surface area contributed by atoms with Crippen molar-refractivity contribution in [1.82, 2.24) is 10.2 Å². The average Bonchev–Trinajstić information content (AvgIpc) is 3.32. The molecular weight excluding hydrogens is 478 g/mol. The molecule has 0 saturated carbocycles. The number of nitro groups is 1. The maximum Gasteiger partial charge on any atom is 0.325 e. The topological polar surface area (TPSA) is 139 Å². The van der Waals surface area contributed by atoms with Crippen molar-refractivity contribution in [2.75, 3.05) is 6.61 Å². The van der Waals surface area contributed by atoms with E-state index in [2.05, 4.69) is 5.32 Å². The highest BCUT2D eigenvalue weighted by atomic mass is 16.6. The van der Waals surface area contributed by atoms with Gasteiger partial charge in [-0.15, -0.1) is 0 Å². The summed E-state index contributed by atoms with van der Waals surface area (Å²) in [5, 5.41) is 24.8. The van der Waals surface area contributed by atoms with Crippen molar-refractivity contribution in [3.63, 3.8) is 0 Å². The summed E-state index contributed by atoms with van der Waals surface area (Å²) in [6, 6.07) is 11.9. The largest absolute Gasteiger partial charge is 0.494 e. The minimum Gasteiger partial charge on any atom is -0.494 e. The molecule has 37 heavy (non-hydrogen) atoms. The van der Waals surface area contributed by atoms with Gasteiger partial charge in [0.25, 0.3) is 5.69 Å². The van der Waals surface area contributed by atoms with Gasteiger partial charge in [-0.3, -0.25) is 34.7 Å². The summed E-state index contributed by atoms with van der Waals surface area (Å²) in [5.74, 6) is -3.65. The average molecular weight is 510 g/mol. The van der Waals surface area contributed by atoms with E-state index in [-0.39, 0.29) is 12.1 Å². The van der Waals surface area contributed by atoms with Crippen LogP contribution in [0.1, 0.15) is 51.3 Å². The summed E-state index contributed by atoms with van der Waals surface area (Å²) in [5.41, 5.74) is -1.59. The van der Waals surface area contributed by atoms with Crippen molar-refractivity contribution in [3.05, 3.63) is 69.8 Å². The number of likely N-dealkylation sites (tertiary alicyclic amines) is 1. The van der Waals surface area contributed by atoms with Gasteiger partial charge in [-0.2, -0.15) is 0 Å². The molecule has 10 heteroatoms. The zero-order valence-corrected chi connectivity index (χ0v) is 21.3. The number of rotatable bonds is 8. The number of fused-ring (bicyclic) bond motifs is 1. The summed E-state index contributed by atoms with van der Waals surface area (Å²) in [6.45, 7) is 7.77. The molecule has 196 valence electrons. The van der Waals surface area contributed by atoms with E-state index in [1.54, 1.807) is 45.0 Å². The van der Waals surface area contributed by atoms with E-state index in [4.69, 9.17) is 4.74 Å². The minimum atomic E-state index is -1.80. The second-order valence-electron chi connectivity index (χ2n) is 10.6. The number of carbonyl (C=O) groups is 3. The standard InChI is InChI=1S/C27H31N3O7/c1-5-14-37-19-12-8-17(9-13-19)22-20-21(24(32)29(23(20)31)26(2,3)4)27(28-22,25(33)34)15-16-6-10-18(11-7-16)30(35)36/h6-13,20-22,28H,5,14-15H2,1-4H3,(H,33,34). The van der Waals surface area contributed by atoms with Gasteiger partial charge in [0, 0.05) is 30.1 Å². The van der Waals surface area contributed by atoms with Gasteiger partial charge in [0.2, 0.25) is 11.8 Å². The summed E-state index contributed by atoms with van der Waals surface area (Å²) >= 11 is 0. The molecule has 4 rings (SSSR count). The van der Waals surface area contributed by atoms with Gasteiger partial charge in [0.15, 0.2) is 0 Å². The van der Waals surface area contributed by atoms with Crippen LogP contribution in [0.5, 0.6) is 5.75 Å². The first-order chi connectivity index (χ1) is 17.4. The maximum atomic E-state index is 13.7. The Labute approximate surface area is 214 Å². The number of aliphatic carboxylic acids is 1. The number of nitrogens with zero attached hydrogens (tertiary/aromatic N) is 2. The number of carboxylic acids is 1. The quantitative estimate of drug-likeness (QED) is 0.313. The van der Waals surface area contributed by atoms with Crippen LogP contribution < -0.4 is 10.1 Å². The summed E-state index contributed by atoms with van der Waals surface area (Å²) in [4.78, 5) is 52.1. The third kappa shape index (κ3) is 4.57. The first kappa shape index (κ1) is 26.3. The van der Waals surface area contributed by atoms with Crippen molar-refractivity contribution >= 4 is 23.5 Å². The summed E-state index contributed by atoms with van der Waals surface area (Å²) in [6.07, 6.45) is 0.714. The first-order valence-corrected chi connectivity index (χ1v) is 12.3. The third-order valence-electron chi connectivity index (χ3n) is 7.05. The minimum absolute atomic E-state index is 0.125. The number of amides is 2. The van der Waals surface area contributed by atoms with Crippen molar-refractivity contribution in [2.45, 2.75) is 57.7 Å².